The van der Waals surface area contributed by atoms with Crippen molar-refractivity contribution >= 4 is 5.91 Å². The van der Waals surface area contributed by atoms with Crippen LogP contribution in [0.1, 0.15) is 30.1 Å². The molecule has 2 heterocycles. The zero-order valence-electron chi connectivity index (χ0n) is 10.7. The highest BCUT2D eigenvalue weighted by Crippen LogP contribution is 2.15. The molecule has 98 valence electrons. The molecule has 2 rings (SSSR count). The van der Waals surface area contributed by atoms with Gasteiger partial charge < -0.3 is 10.2 Å². The Morgan fingerprint density at radius 3 is 3.06 bits per heavy atom. The van der Waals surface area contributed by atoms with Crippen LogP contribution in [-0.2, 0) is 0 Å². The summed E-state index contributed by atoms with van der Waals surface area (Å²) in [6, 6.07) is 3.31. The monoisotopic (exact) mass is 251 g/mol. The lowest BCUT2D eigenvalue weighted by molar-refractivity contribution is 0.0896. The quantitative estimate of drug-likeness (QED) is 0.809. The van der Waals surface area contributed by atoms with Crippen LogP contribution >= 0.6 is 0 Å². The maximum absolute atomic E-state index is 12.9. The number of nitrogens with zero attached hydrogens (tertiary/aromatic N) is 2. The maximum atomic E-state index is 12.9. The fraction of sp³-hybridized carbons (Fsp3) is 0.538. The summed E-state index contributed by atoms with van der Waals surface area (Å²) in [5.41, 5.74) is 0.328. The normalized spacial score (nSPS) is 24.8. The Bertz CT molecular complexity index is 438. The highest BCUT2D eigenvalue weighted by atomic mass is 19.1. The van der Waals surface area contributed by atoms with E-state index in [2.05, 4.69) is 29.2 Å². The largest absolute Gasteiger partial charge is 0.349 e. The van der Waals surface area contributed by atoms with E-state index in [1.807, 2.05) is 0 Å². The Morgan fingerprint density at radius 1 is 1.61 bits per heavy atom. The van der Waals surface area contributed by atoms with E-state index >= 15 is 0 Å². The average molecular weight is 251 g/mol. The number of carbonyl (C=O) groups is 1. The lowest BCUT2D eigenvalue weighted by Gasteiger charge is -2.35. The van der Waals surface area contributed by atoms with Crippen molar-refractivity contribution in [1.82, 2.24) is 15.2 Å². The van der Waals surface area contributed by atoms with Gasteiger partial charge in [0.25, 0.3) is 5.91 Å². The van der Waals surface area contributed by atoms with Gasteiger partial charge in [-0.1, -0.05) is 0 Å². The molecule has 0 aromatic carbocycles. The summed E-state index contributed by atoms with van der Waals surface area (Å²) in [5, 5.41) is 2.95. The van der Waals surface area contributed by atoms with Gasteiger partial charge in [-0.05, 0) is 32.9 Å². The molecule has 0 radical (unpaired) electrons. The molecule has 0 aliphatic carbocycles. The van der Waals surface area contributed by atoms with E-state index < -0.39 is 5.95 Å². The number of amides is 1. The Hall–Kier alpha value is -1.49. The highest BCUT2D eigenvalue weighted by Gasteiger charge is 2.24. The first-order chi connectivity index (χ1) is 8.56. The second kappa shape index (κ2) is 5.44. The van der Waals surface area contributed by atoms with Crippen LogP contribution < -0.4 is 5.32 Å². The predicted molar refractivity (Wildman–Crippen MR) is 66.8 cm³/mol. The van der Waals surface area contributed by atoms with Crippen LogP contribution in [0.2, 0.25) is 0 Å². The minimum Gasteiger partial charge on any atom is -0.349 e. The van der Waals surface area contributed by atoms with Gasteiger partial charge in [0, 0.05) is 36.5 Å². The van der Waals surface area contributed by atoms with Gasteiger partial charge in [-0.3, -0.25) is 4.79 Å². The molecule has 1 aliphatic heterocycles. The van der Waals surface area contributed by atoms with Gasteiger partial charge in [-0.25, -0.2) is 4.98 Å². The van der Waals surface area contributed by atoms with Gasteiger partial charge in [0.15, 0.2) is 0 Å². The molecule has 1 amide bonds. The first-order valence-corrected chi connectivity index (χ1v) is 6.19. The molecule has 0 bridgehead atoms. The van der Waals surface area contributed by atoms with Crippen LogP contribution in [0.5, 0.6) is 0 Å². The molecule has 0 spiro atoms. The third-order valence-corrected chi connectivity index (χ3v) is 3.53. The van der Waals surface area contributed by atoms with Crippen LogP contribution in [0.15, 0.2) is 18.3 Å². The summed E-state index contributed by atoms with van der Waals surface area (Å²) in [4.78, 5) is 17.6. The molecular formula is C13H18FN3O. The van der Waals surface area contributed by atoms with Crippen molar-refractivity contribution < 1.29 is 9.18 Å². The van der Waals surface area contributed by atoms with Crippen molar-refractivity contribution in [2.75, 3.05) is 13.6 Å². The van der Waals surface area contributed by atoms with Crippen molar-refractivity contribution in [2.24, 2.45) is 0 Å². The number of hydrogen-bond donors (Lipinski definition) is 1. The Kier molecular flexibility index (Phi) is 3.91. The fourth-order valence-corrected chi connectivity index (χ4v) is 2.23. The summed E-state index contributed by atoms with van der Waals surface area (Å²) in [5.74, 6) is -0.850. The Morgan fingerprint density at radius 2 is 2.39 bits per heavy atom. The number of likely N-dealkylation sites (tertiary alicyclic amines) is 1. The zero-order valence-corrected chi connectivity index (χ0v) is 10.7. The molecule has 1 saturated heterocycles. The molecule has 1 aromatic heterocycles. The molecule has 5 heteroatoms. The first-order valence-electron chi connectivity index (χ1n) is 6.19. The molecule has 1 N–H and O–H groups in total. The van der Waals surface area contributed by atoms with Gasteiger partial charge in [0.05, 0.1) is 0 Å². The number of hydrogen-bond acceptors (Lipinski definition) is 3. The van der Waals surface area contributed by atoms with Crippen molar-refractivity contribution in [3.05, 3.63) is 29.8 Å². The molecular weight excluding hydrogens is 233 g/mol. The third-order valence-electron chi connectivity index (χ3n) is 3.53. The molecule has 1 aliphatic rings. The number of pyridine rings is 1. The van der Waals surface area contributed by atoms with Crippen molar-refractivity contribution in [1.29, 1.82) is 0 Å². The number of carbonyl (C=O) groups excluding carboxylic acids is 1. The van der Waals surface area contributed by atoms with Gasteiger partial charge in [-0.15, -0.1) is 0 Å². The SMILES string of the molecule is CC1CC(NC(=O)c2ccnc(F)c2)CCN1C. The number of piperidine rings is 1. The highest BCUT2D eigenvalue weighted by molar-refractivity contribution is 5.94. The number of rotatable bonds is 2. The molecule has 18 heavy (non-hydrogen) atoms. The Balaban J connectivity index is 1.96. The lowest BCUT2D eigenvalue weighted by Crippen LogP contribution is -2.47. The summed E-state index contributed by atoms with van der Waals surface area (Å²) >= 11 is 0. The van der Waals surface area contributed by atoms with E-state index in [1.165, 1.54) is 12.3 Å². The van der Waals surface area contributed by atoms with Gasteiger partial charge >= 0.3 is 0 Å². The van der Waals surface area contributed by atoms with Crippen LogP contribution in [0.4, 0.5) is 4.39 Å². The van der Waals surface area contributed by atoms with E-state index in [0.717, 1.165) is 25.5 Å². The number of halogens is 1. The molecule has 4 nitrogen and oxygen atoms in total. The van der Waals surface area contributed by atoms with E-state index in [1.54, 1.807) is 0 Å². The minimum atomic E-state index is -0.626. The van der Waals surface area contributed by atoms with Crippen LogP contribution in [0.25, 0.3) is 0 Å². The first kappa shape index (κ1) is 13.0. The predicted octanol–water partition coefficient (Wildman–Crippen LogP) is 1.43. The lowest BCUT2D eigenvalue weighted by atomic mass is 9.98. The summed E-state index contributed by atoms with van der Waals surface area (Å²) < 4.78 is 12.9. The van der Waals surface area contributed by atoms with Crippen LogP contribution in [0, 0.1) is 5.95 Å². The minimum absolute atomic E-state index is 0.167. The average Bonchev–Trinajstić information content (AvgIpc) is 2.34. The van der Waals surface area contributed by atoms with Gasteiger partial charge in [0.2, 0.25) is 5.95 Å². The summed E-state index contributed by atoms with van der Waals surface area (Å²) in [6.07, 6.45) is 3.16. The number of nitrogens with one attached hydrogen (secondary N) is 1. The van der Waals surface area contributed by atoms with E-state index in [9.17, 15) is 9.18 Å². The third kappa shape index (κ3) is 3.04. The topological polar surface area (TPSA) is 45.2 Å². The molecule has 1 aromatic rings. The summed E-state index contributed by atoms with van der Waals surface area (Å²) in [7, 11) is 2.08. The van der Waals surface area contributed by atoms with E-state index in [0.29, 0.717) is 11.6 Å². The molecule has 1 fully saturated rings. The van der Waals surface area contributed by atoms with Gasteiger partial charge in [-0.2, -0.15) is 4.39 Å². The van der Waals surface area contributed by atoms with E-state index in [-0.39, 0.29) is 11.9 Å². The van der Waals surface area contributed by atoms with Crippen LogP contribution in [-0.4, -0.2) is 41.5 Å². The Labute approximate surface area is 106 Å². The fourth-order valence-electron chi connectivity index (χ4n) is 2.23. The molecule has 0 saturated carbocycles. The number of aromatic nitrogens is 1. The maximum Gasteiger partial charge on any atom is 0.251 e. The van der Waals surface area contributed by atoms with Crippen LogP contribution in [0.3, 0.4) is 0 Å². The van der Waals surface area contributed by atoms with Crippen molar-refractivity contribution in [3.63, 3.8) is 0 Å². The second-order valence-electron chi connectivity index (χ2n) is 4.89. The van der Waals surface area contributed by atoms with Crippen molar-refractivity contribution in [2.45, 2.75) is 31.8 Å². The molecule has 2 atom stereocenters. The van der Waals surface area contributed by atoms with Gasteiger partial charge in [0.1, 0.15) is 0 Å². The van der Waals surface area contributed by atoms with Crippen molar-refractivity contribution in [3.8, 4) is 0 Å². The smallest absolute Gasteiger partial charge is 0.251 e. The molecule has 2 unspecified atom stereocenters. The zero-order chi connectivity index (χ0) is 13.1. The van der Waals surface area contributed by atoms with E-state index in [4.69, 9.17) is 0 Å². The summed E-state index contributed by atoms with van der Waals surface area (Å²) in [6.45, 7) is 3.11. The second-order valence-corrected chi connectivity index (χ2v) is 4.89. The standard InChI is InChI=1S/C13H18FN3O/c1-9-7-11(4-6-17(9)2)16-13(18)10-3-5-15-12(14)8-10/h3,5,8-9,11H,4,6-7H2,1-2H3,(H,16,18).